The van der Waals surface area contributed by atoms with Crippen LogP contribution >= 0.6 is 0 Å². The van der Waals surface area contributed by atoms with Gasteiger partial charge in [-0.1, -0.05) is 24.3 Å². The van der Waals surface area contributed by atoms with Gasteiger partial charge < -0.3 is 14.6 Å². The van der Waals surface area contributed by atoms with Gasteiger partial charge >= 0.3 is 0 Å². The van der Waals surface area contributed by atoms with E-state index in [0.29, 0.717) is 5.56 Å². The van der Waals surface area contributed by atoms with Gasteiger partial charge in [0.2, 0.25) is 5.79 Å². The maximum absolute atomic E-state index is 11.6. The molecule has 2 rings (SSSR count). The van der Waals surface area contributed by atoms with Crippen molar-refractivity contribution in [1.82, 2.24) is 0 Å². The van der Waals surface area contributed by atoms with Crippen LogP contribution in [0.4, 0.5) is 0 Å². The molecule has 0 aromatic heterocycles. The number of aliphatic hydroxyl groups is 1. The average molecular weight is 286 g/mol. The SMILES string of the molecule is Cc1ccccc1[C@]1(CS(C)(=O)=O)OC[C@H](CO)O1. The van der Waals surface area contributed by atoms with Crippen molar-refractivity contribution in [1.29, 1.82) is 0 Å². The second kappa shape index (κ2) is 5.20. The monoisotopic (exact) mass is 286 g/mol. The third-order valence-electron chi connectivity index (χ3n) is 3.07. The first-order chi connectivity index (χ1) is 8.86. The van der Waals surface area contributed by atoms with E-state index in [1.807, 2.05) is 25.1 Å². The Balaban J connectivity index is 2.44. The lowest BCUT2D eigenvalue weighted by Crippen LogP contribution is -2.37. The highest BCUT2D eigenvalue weighted by Gasteiger charge is 2.46. The molecule has 0 unspecified atom stereocenters. The molecule has 1 N–H and O–H groups in total. The highest BCUT2D eigenvalue weighted by molar-refractivity contribution is 7.90. The molecule has 1 fully saturated rings. The van der Waals surface area contributed by atoms with E-state index in [9.17, 15) is 8.42 Å². The van der Waals surface area contributed by atoms with Gasteiger partial charge in [0.25, 0.3) is 0 Å². The number of aryl methyl sites for hydroxylation is 1. The molecule has 19 heavy (non-hydrogen) atoms. The van der Waals surface area contributed by atoms with Crippen LogP contribution in [-0.4, -0.2) is 44.9 Å². The number of ether oxygens (including phenoxy) is 2. The number of benzene rings is 1. The van der Waals surface area contributed by atoms with Crippen LogP contribution in [0.2, 0.25) is 0 Å². The Bertz CT molecular complexity index is 554. The fourth-order valence-electron chi connectivity index (χ4n) is 2.29. The first-order valence-corrected chi connectivity index (χ1v) is 8.09. The maximum Gasteiger partial charge on any atom is 0.209 e. The Kier molecular flexibility index (Phi) is 3.96. The Labute approximate surface area is 113 Å². The van der Waals surface area contributed by atoms with Gasteiger partial charge in [-0.3, -0.25) is 0 Å². The Morgan fingerprint density at radius 1 is 1.42 bits per heavy atom. The highest BCUT2D eigenvalue weighted by atomic mass is 32.2. The molecule has 1 aromatic rings. The Morgan fingerprint density at radius 3 is 2.63 bits per heavy atom. The first-order valence-electron chi connectivity index (χ1n) is 6.03. The van der Waals surface area contributed by atoms with Crippen molar-refractivity contribution in [3.63, 3.8) is 0 Å². The lowest BCUT2D eigenvalue weighted by molar-refractivity contribution is -0.162. The third kappa shape index (κ3) is 3.14. The van der Waals surface area contributed by atoms with Crippen molar-refractivity contribution in [2.24, 2.45) is 0 Å². The minimum absolute atomic E-state index is 0.181. The largest absolute Gasteiger partial charge is 0.394 e. The summed E-state index contributed by atoms with van der Waals surface area (Å²) < 4.78 is 34.6. The summed E-state index contributed by atoms with van der Waals surface area (Å²) in [5.74, 6) is -1.58. The molecule has 106 valence electrons. The smallest absolute Gasteiger partial charge is 0.209 e. The molecule has 1 aliphatic heterocycles. The molecular weight excluding hydrogens is 268 g/mol. The van der Waals surface area contributed by atoms with Crippen LogP contribution in [0.1, 0.15) is 11.1 Å². The lowest BCUT2D eigenvalue weighted by atomic mass is 10.0. The number of hydrogen-bond donors (Lipinski definition) is 1. The van der Waals surface area contributed by atoms with Crippen LogP contribution in [0.5, 0.6) is 0 Å². The van der Waals surface area contributed by atoms with Crippen LogP contribution in [-0.2, 0) is 25.1 Å². The molecule has 0 aliphatic carbocycles. The van der Waals surface area contributed by atoms with Crippen molar-refractivity contribution in [3.05, 3.63) is 35.4 Å². The van der Waals surface area contributed by atoms with Gasteiger partial charge in [-0.25, -0.2) is 8.42 Å². The van der Waals surface area contributed by atoms with E-state index in [4.69, 9.17) is 14.6 Å². The molecule has 0 amide bonds. The zero-order chi connectivity index (χ0) is 14.1. The maximum atomic E-state index is 11.6. The fraction of sp³-hybridized carbons (Fsp3) is 0.538. The molecule has 1 aromatic carbocycles. The van der Waals surface area contributed by atoms with Crippen LogP contribution in [0.25, 0.3) is 0 Å². The Morgan fingerprint density at radius 2 is 2.11 bits per heavy atom. The van der Waals surface area contributed by atoms with Crippen LogP contribution in [0, 0.1) is 6.92 Å². The number of aliphatic hydroxyl groups excluding tert-OH is 1. The number of sulfone groups is 1. The molecule has 1 saturated heterocycles. The molecule has 5 nitrogen and oxygen atoms in total. The van der Waals surface area contributed by atoms with Gasteiger partial charge in [0, 0.05) is 11.8 Å². The molecular formula is C13H18O5S. The van der Waals surface area contributed by atoms with Gasteiger partial charge in [-0.2, -0.15) is 0 Å². The van der Waals surface area contributed by atoms with Crippen molar-refractivity contribution in [2.45, 2.75) is 18.8 Å². The second-order valence-electron chi connectivity index (χ2n) is 4.87. The predicted molar refractivity (Wildman–Crippen MR) is 70.5 cm³/mol. The minimum Gasteiger partial charge on any atom is -0.394 e. The summed E-state index contributed by atoms with van der Waals surface area (Å²) >= 11 is 0. The summed E-state index contributed by atoms with van der Waals surface area (Å²) in [4.78, 5) is 0. The van der Waals surface area contributed by atoms with Gasteiger partial charge in [-0.15, -0.1) is 0 Å². The zero-order valence-electron chi connectivity index (χ0n) is 11.0. The Hall–Kier alpha value is -0.950. The first kappa shape index (κ1) is 14.5. The van der Waals surface area contributed by atoms with Crippen LogP contribution in [0.3, 0.4) is 0 Å². The standard InChI is InChI=1S/C13H18O5S/c1-10-5-3-4-6-12(10)13(9-19(2,15)16)17-8-11(7-14)18-13/h3-6,11,14H,7-9H2,1-2H3/t11-,13+/m0/s1. The van der Waals surface area contributed by atoms with E-state index in [1.165, 1.54) is 0 Å². The quantitative estimate of drug-likeness (QED) is 0.877. The summed E-state index contributed by atoms with van der Waals surface area (Å²) in [7, 11) is -3.29. The average Bonchev–Trinajstić information content (AvgIpc) is 2.71. The molecule has 0 spiro atoms. The van der Waals surface area contributed by atoms with Crippen LogP contribution in [0.15, 0.2) is 24.3 Å². The minimum atomic E-state index is -3.29. The van der Waals surface area contributed by atoms with Crippen LogP contribution < -0.4 is 0 Å². The normalized spacial score (nSPS) is 27.6. The van der Waals surface area contributed by atoms with E-state index >= 15 is 0 Å². The number of rotatable bonds is 4. The highest BCUT2D eigenvalue weighted by Crippen LogP contribution is 2.37. The van der Waals surface area contributed by atoms with Crippen molar-refractivity contribution in [3.8, 4) is 0 Å². The van der Waals surface area contributed by atoms with E-state index < -0.39 is 21.7 Å². The molecule has 1 heterocycles. The van der Waals surface area contributed by atoms with Gasteiger partial charge in [-0.05, 0) is 12.5 Å². The second-order valence-corrected chi connectivity index (χ2v) is 7.01. The lowest BCUT2D eigenvalue weighted by Gasteiger charge is -2.29. The van der Waals surface area contributed by atoms with E-state index in [0.717, 1.165) is 11.8 Å². The van der Waals surface area contributed by atoms with Crippen molar-refractivity contribution in [2.75, 3.05) is 25.2 Å². The van der Waals surface area contributed by atoms with Gasteiger partial charge in [0.15, 0.2) is 9.84 Å². The summed E-state index contributed by atoms with van der Waals surface area (Å²) in [6, 6.07) is 7.34. The fourth-order valence-corrected chi connectivity index (χ4v) is 3.29. The van der Waals surface area contributed by atoms with Crippen molar-refractivity contribution < 1.29 is 23.0 Å². The summed E-state index contributed by atoms with van der Waals surface area (Å²) in [5.41, 5.74) is 1.58. The summed E-state index contributed by atoms with van der Waals surface area (Å²) in [6.45, 7) is 1.86. The van der Waals surface area contributed by atoms with Crippen molar-refractivity contribution >= 4 is 9.84 Å². The van der Waals surface area contributed by atoms with Gasteiger partial charge in [0.1, 0.15) is 11.9 Å². The number of hydrogen-bond acceptors (Lipinski definition) is 5. The molecule has 6 heteroatoms. The van der Waals surface area contributed by atoms with Gasteiger partial charge in [0.05, 0.1) is 13.2 Å². The zero-order valence-corrected chi connectivity index (χ0v) is 11.8. The summed E-state index contributed by atoms with van der Waals surface area (Å²) in [5, 5.41) is 9.16. The molecule has 2 atom stereocenters. The van der Waals surface area contributed by atoms with E-state index in [1.54, 1.807) is 6.07 Å². The summed E-state index contributed by atoms with van der Waals surface area (Å²) in [6.07, 6.45) is 0.646. The topological polar surface area (TPSA) is 72.8 Å². The van der Waals surface area contributed by atoms with E-state index in [-0.39, 0.29) is 19.0 Å². The molecule has 0 bridgehead atoms. The molecule has 1 aliphatic rings. The molecule has 0 saturated carbocycles. The van der Waals surface area contributed by atoms with E-state index in [2.05, 4.69) is 0 Å². The molecule has 0 radical (unpaired) electrons. The predicted octanol–water partition coefficient (Wildman–Crippen LogP) is 0.600. The third-order valence-corrected chi connectivity index (χ3v) is 3.98.